The minimum atomic E-state index is -4.09. The molecule has 5 heteroatoms. The van der Waals surface area contributed by atoms with E-state index in [1.807, 2.05) is 6.92 Å². The van der Waals surface area contributed by atoms with E-state index < -0.39 is 12.6 Å². The van der Waals surface area contributed by atoms with Crippen molar-refractivity contribution in [2.24, 2.45) is 0 Å². The average Bonchev–Trinajstić information content (AvgIpc) is 2.44. The number of benzene rings is 1. The molecule has 2 nitrogen and oxygen atoms in total. The van der Waals surface area contributed by atoms with Crippen LogP contribution < -0.4 is 5.32 Å². The normalized spacial score (nSPS) is 13.7. The first-order valence-electron chi connectivity index (χ1n) is 7.43. The number of nitrogens with zero attached hydrogens (tertiary/aromatic N) is 1. The summed E-state index contributed by atoms with van der Waals surface area (Å²) in [5, 5.41) is 3.34. The fourth-order valence-electron chi connectivity index (χ4n) is 2.24. The number of rotatable bonds is 8. The summed E-state index contributed by atoms with van der Waals surface area (Å²) in [7, 11) is 1.73. The standard InChI is InChI=1S/C16H25F3N2/c1-4-13-6-8-14(9-7-13)15(20-5-2)12-21(3)11-10-16(17,18)19/h6-9,15,20H,4-5,10-12H2,1-3H3. The third-order valence-electron chi connectivity index (χ3n) is 3.51. The third-order valence-corrected chi connectivity index (χ3v) is 3.51. The lowest BCUT2D eigenvalue weighted by atomic mass is 10.0. The van der Waals surface area contributed by atoms with Gasteiger partial charge in [-0.25, -0.2) is 0 Å². The van der Waals surface area contributed by atoms with Crippen LogP contribution in [0.25, 0.3) is 0 Å². The Morgan fingerprint density at radius 3 is 2.24 bits per heavy atom. The monoisotopic (exact) mass is 302 g/mol. The summed E-state index contributed by atoms with van der Waals surface area (Å²) in [6.07, 6.45) is -3.88. The van der Waals surface area contributed by atoms with Gasteiger partial charge in [-0.15, -0.1) is 0 Å². The molecular formula is C16H25F3N2. The minimum Gasteiger partial charge on any atom is -0.309 e. The lowest BCUT2D eigenvalue weighted by Crippen LogP contribution is -2.34. The van der Waals surface area contributed by atoms with Gasteiger partial charge in [0.1, 0.15) is 0 Å². The van der Waals surface area contributed by atoms with E-state index in [2.05, 4.69) is 36.5 Å². The van der Waals surface area contributed by atoms with Gasteiger partial charge in [-0.05, 0) is 31.1 Å². The van der Waals surface area contributed by atoms with E-state index in [4.69, 9.17) is 0 Å². The molecule has 0 aliphatic heterocycles. The van der Waals surface area contributed by atoms with Crippen LogP contribution in [0.1, 0.15) is 37.4 Å². The van der Waals surface area contributed by atoms with Crippen molar-refractivity contribution in [2.75, 3.05) is 26.7 Å². The van der Waals surface area contributed by atoms with Crippen LogP contribution in [0.2, 0.25) is 0 Å². The van der Waals surface area contributed by atoms with Crippen LogP contribution in [0.5, 0.6) is 0 Å². The van der Waals surface area contributed by atoms with Crippen molar-refractivity contribution in [1.82, 2.24) is 10.2 Å². The molecule has 0 radical (unpaired) electrons. The number of halogens is 3. The molecule has 0 bridgehead atoms. The Morgan fingerprint density at radius 2 is 1.76 bits per heavy atom. The molecule has 0 fully saturated rings. The van der Waals surface area contributed by atoms with Crippen molar-refractivity contribution in [3.63, 3.8) is 0 Å². The number of likely N-dealkylation sites (N-methyl/N-ethyl adjacent to an activating group) is 2. The molecule has 1 rings (SSSR count). The smallest absolute Gasteiger partial charge is 0.309 e. The Balaban J connectivity index is 2.63. The minimum absolute atomic E-state index is 0.0262. The zero-order chi connectivity index (χ0) is 15.9. The second-order valence-electron chi connectivity index (χ2n) is 5.33. The highest BCUT2D eigenvalue weighted by Crippen LogP contribution is 2.21. The molecule has 1 atom stereocenters. The second kappa shape index (κ2) is 8.39. The van der Waals surface area contributed by atoms with E-state index in [1.165, 1.54) is 5.56 Å². The molecule has 1 aromatic rings. The molecule has 1 unspecified atom stereocenters. The van der Waals surface area contributed by atoms with Gasteiger partial charge < -0.3 is 10.2 Å². The van der Waals surface area contributed by atoms with Crippen molar-refractivity contribution in [2.45, 2.75) is 38.9 Å². The summed E-state index contributed by atoms with van der Waals surface area (Å²) in [5.74, 6) is 0. The predicted octanol–water partition coefficient (Wildman–Crippen LogP) is 3.78. The lowest BCUT2D eigenvalue weighted by molar-refractivity contribution is -0.137. The van der Waals surface area contributed by atoms with Crippen LogP contribution in [0, 0.1) is 0 Å². The van der Waals surface area contributed by atoms with Crippen LogP contribution in [0.15, 0.2) is 24.3 Å². The van der Waals surface area contributed by atoms with Crippen LogP contribution in [-0.2, 0) is 6.42 Å². The van der Waals surface area contributed by atoms with Crippen molar-refractivity contribution < 1.29 is 13.2 Å². The molecule has 0 amide bonds. The van der Waals surface area contributed by atoms with E-state index in [1.54, 1.807) is 11.9 Å². The van der Waals surface area contributed by atoms with Crippen molar-refractivity contribution in [1.29, 1.82) is 0 Å². The first-order valence-corrected chi connectivity index (χ1v) is 7.43. The van der Waals surface area contributed by atoms with Gasteiger partial charge in [0, 0.05) is 19.1 Å². The zero-order valence-electron chi connectivity index (χ0n) is 13.0. The van der Waals surface area contributed by atoms with Crippen LogP contribution in [0.4, 0.5) is 13.2 Å². The van der Waals surface area contributed by atoms with Crippen LogP contribution >= 0.6 is 0 Å². The summed E-state index contributed by atoms with van der Waals surface area (Å²) in [4.78, 5) is 1.73. The van der Waals surface area contributed by atoms with Gasteiger partial charge in [-0.1, -0.05) is 38.1 Å². The molecule has 0 heterocycles. The quantitative estimate of drug-likeness (QED) is 0.786. The highest BCUT2D eigenvalue weighted by atomic mass is 19.4. The predicted molar refractivity (Wildman–Crippen MR) is 80.4 cm³/mol. The Kier molecular flexibility index (Phi) is 7.18. The Morgan fingerprint density at radius 1 is 1.14 bits per heavy atom. The summed E-state index contributed by atoms with van der Waals surface area (Å²) in [6, 6.07) is 8.33. The van der Waals surface area contributed by atoms with E-state index in [0.717, 1.165) is 18.5 Å². The summed E-state index contributed by atoms with van der Waals surface area (Å²) < 4.78 is 36.8. The Bertz CT molecular complexity index is 401. The molecule has 21 heavy (non-hydrogen) atoms. The van der Waals surface area contributed by atoms with Gasteiger partial charge in [-0.2, -0.15) is 13.2 Å². The van der Waals surface area contributed by atoms with E-state index in [0.29, 0.717) is 6.54 Å². The largest absolute Gasteiger partial charge is 0.390 e. The average molecular weight is 302 g/mol. The maximum absolute atomic E-state index is 12.3. The van der Waals surface area contributed by atoms with E-state index in [9.17, 15) is 13.2 Å². The molecule has 0 saturated heterocycles. The summed E-state index contributed by atoms with van der Waals surface area (Å²) in [6.45, 7) is 5.48. The van der Waals surface area contributed by atoms with Crippen molar-refractivity contribution >= 4 is 0 Å². The second-order valence-corrected chi connectivity index (χ2v) is 5.33. The highest BCUT2D eigenvalue weighted by molar-refractivity contribution is 5.25. The molecule has 0 aliphatic carbocycles. The molecule has 0 saturated carbocycles. The molecule has 1 aromatic carbocycles. The lowest BCUT2D eigenvalue weighted by Gasteiger charge is -2.25. The van der Waals surface area contributed by atoms with Crippen LogP contribution in [0.3, 0.4) is 0 Å². The highest BCUT2D eigenvalue weighted by Gasteiger charge is 2.27. The van der Waals surface area contributed by atoms with Gasteiger partial charge in [0.2, 0.25) is 0 Å². The Labute approximate surface area is 125 Å². The number of aryl methyl sites for hydroxylation is 1. The van der Waals surface area contributed by atoms with Gasteiger partial charge in [0.25, 0.3) is 0 Å². The SMILES string of the molecule is CCNC(CN(C)CCC(F)(F)F)c1ccc(CC)cc1. The third kappa shape index (κ3) is 6.96. The van der Waals surface area contributed by atoms with E-state index in [-0.39, 0.29) is 12.6 Å². The number of hydrogen-bond donors (Lipinski definition) is 1. The fraction of sp³-hybridized carbons (Fsp3) is 0.625. The maximum Gasteiger partial charge on any atom is 0.390 e. The zero-order valence-corrected chi connectivity index (χ0v) is 13.0. The van der Waals surface area contributed by atoms with Gasteiger partial charge in [0.15, 0.2) is 0 Å². The first-order chi connectivity index (χ1) is 9.85. The molecule has 1 N–H and O–H groups in total. The van der Waals surface area contributed by atoms with Gasteiger partial charge in [0.05, 0.1) is 6.42 Å². The fourth-order valence-corrected chi connectivity index (χ4v) is 2.24. The first kappa shape index (κ1) is 18.0. The molecule has 0 spiro atoms. The number of alkyl halides is 3. The molecular weight excluding hydrogens is 277 g/mol. The summed E-state index contributed by atoms with van der Waals surface area (Å²) in [5.41, 5.74) is 2.38. The molecule has 0 aliphatic rings. The van der Waals surface area contributed by atoms with Gasteiger partial charge >= 0.3 is 6.18 Å². The molecule has 120 valence electrons. The number of nitrogens with one attached hydrogen (secondary N) is 1. The Hall–Kier alpha value is -1.07. The van der Waals surface area contributed by atoms with Crippen LogP contribution in [-0.4, -0.2) is 37.8 Å². The van der Waals surface area contributed by atoms with Gasteiger partial charge in [-0.3, -0.25) is 0 Å². The van der Waals surface area contributed by atoms with Crippen molar-refractivity contribution in [3.8, 4) is 0 Å². The molecule has 0 aromatic heterocycles. The number of hydrogen-bond acceptors (Lipinski definition) is 2. The van der Waals surface area contributed by atoms with E-state index >= 15 is 0 Å². The topological polar surface area (TPSA) is 15.3 Å². The maximum atomic E-state index is 12.3. The summed E-state index contributed by atoms with van der Waals surface area (Å²) >= 11 is 0. The van der Waals surface area contributed by atoms with Crippen molar-refractivity contribution in [3.05, 3.63) is 35.4 Å².